The van der Waals surface area contributed by atoms with Gasteiger partial charge in [0.15, 0.2) is 0 Å². The molecular weight excluding hydrogens is 270 g/mol. The first kappa shape index (κ1) is 13.4. The van der Waals surface area contributed by atoms with Gasteiger partial charge in [0.1, 0.15) is 0 Å². The first-order valence-electron chi connectivity index (χ1n) is 6.96. The van der Waals surface area contributed by atoms with Crippen LogP contribution < -0.4 is 5.73 Å². The molecule has 3 rings (SSSR count). The van der Waals surface area contributed by atoms with E-state index in [0.29, 0.717) is 10.9 Å². The Balaban J connectivity index is 1.88. The highest BCUT2D eigenvalue weighted by molar-refractivity contribution is 8.00. The summed E-state index contributed by atoms with van der Waals surface area (Å²) in [6.45, 7) is 3.86. The number of hydrogen-bond donors (Lipinski definition) is 2. The van der Waals surface area contributed by atoms with Gasteiger partial charge in [-0.15, -0.1) is 0 Å². The molecule has 5 heteroatoms. The zero-order chi connectivity index (χ0) is 14.1. The molecule has 1 aromatic carbocycles. The van der Waals surface area contributed by atoms with Gasteiger partial charge in [0.05, 0.1) is 5.56 Å². The van der Waals surface area contributed by atoms with Gasteiger partial charge in [0, 0.05) is 46.9 Å². The topological polar surface area (TPSA) is 62.1 Å². The fraction of sp³-hybridized carbons (Fsp3) is 0.400. The van der Waals surface area contributed by atoms with Crippen LogP contribution in [-0.4, -0.2) is 39.9 Å². The third-order valence-electron chi connectivity index (χ3n) is 3.82. The summed E-state index contributed by atoms with van der Waals surface area (Å²) in [4.78, 5) is 17.8. The number of aromatic nitrogens is 1. The van der Waals surface area contributed by atoms with Gasteiger partial charge in [-0.05, 0) is 24.6 Å². The number of benzene rings is 1. The second kappa shape index (κ2) is 5.40. The van der Waals surface area contributed by atoms with Crippen LogP contribution in [0.15, 0.2) is 24.4 Å². The van der Waals surface area contributed by atoms with Crippen LogP contribution in [0.2, 0.25) is 0 Å². The maximum atomic E-state index is 12.7. The van der Waals surface area contributed by atoms with Crippen molar-refractivity contribution in [3.05, 3.63) is 30.0 Å². The van der Waals surface area contributed by atoms with Crippen molar-refractivity contribution in [1.82, 2.24) is 9.88 Å². The molecule has 3 N–H and O–H groups in total. The first-order chi connectivity index (χ1) is 9.69. The number of nitrogens with zero attached hydrogens (tertiary/aromatic N) is 1. The lowest BCUT2D eigenvalue weighted by Gasteiger charge is -2.31. The molecule has 1 saturated heterocycles. The summed E-state index contributed by atoms with van der Waals surface area (Å²) in [7, 11) is 0. The molecule has 20 heavy (non-hydrogen) atoms. The van der Waals surface area contributed by atoms with E-state index in [9.17, 15) is 4.79 Å². The largest absolute Gasteiger partial charge is 0.399 e. The lowest BCUT2D eigenvalue weighted by atomic mass is 10.1. The van der Waals surface area contributed by atoms with Gasteiger partial charge in [-0.3, -0.25) is 4.79 Å². The van der Waals surface area contributed by atoms with Crippen molar-refractivity contribution < 1.29 is 4.79 Å². The summed E-state index contributed by atoms with van der Waals surface area (Å²) in [6, 6.07) is 5.63. The molecule has 1 atom stereocenters. The summed E-state index contributed by atoms with van der Waals surface area (Å²) in [5, 5.41) is 1.52. The summed E-state index contributed by atoms with van der Waals surface area (Å²) >= 11 is 1.97. The van der Waals surface area contributed by atoms with Crippen LogP contribution in [0.3, 0.4) is 0 Å². The smallest absolute Gasteiger partial charge is 0.256 e. The van der Waals surface area contributed by atoms with E-state index in [-0.39, 0.29) is 5.91 Å². The molecule has 0 radical (unpaired) electrons. The van der Waals surface area contributed by atoms with E-state index in [2.05, 4.69) is 11.9 Å². The Labute approximate surface area is 122 Å². The van der Waals surface area contributed by atoms with Crippen molar-refractivity contribution in [1.29, 1.82) is 0 Å². The molecule has 2 heterocycles. The fourth-order valence-corrected chi connectivity index (χ4v) is 3.82. The molecule has 1 aromatic heterocycles. The highest BCUT2D eigenvalue weighted by Gasteiger charge is 2.25. The van der Waals surface area contributed by atoms with Gasteiger partial charge < -0.3 is 15.6 Å². The fourth-order valence-electron chi connectivity index (χ4n) is 2.64. The van der Waals surface area contributed by atoms with Gasteiger partial charge in [-0.1, -0.05) is 6.92 Å². The van der Waals surface area contributed by atoms with E-state index in [4.69, 9.17) is 5.73 Å². The zero-order valence-electron chi connectivity index (χ0n) is 11.6. The predicted molar refractivity (Wildman–Crippen MR) is 85.2 cm³/mol. The van der Waals surface area contributed by atoms with Crippen LogP contribution in [0.5, 0.6) is 0 Å². The molecule has 1 amide bonds. The normalized spacial score (nSPS) is 19.4. The Morgan fingerprint density at radius 2 is 2.40 bits per heavy atom. The highest BCUT2D eigenvalue weighted by atomic mass is 32.2. The Morgan fingerprint density at radius 1 is 1.55 bits per heavy atom. The number of aromatic amines is 1. The summed E-state index contributed by atoms with van der Waals surface area (Å²) in [5.74, 6) is 1.15. The van der Waals surface area contributed by atoms with E-state index in [1.165, 1.54) is 0 Å². The Bertz CT molecular complexity index is 637. The predicted octanol–water partition coefficient (Wildman–Crippen LogP) is 2.72. The second-order valence-corrected chi connectivity index (χ2v) is 6.57. The molecule has 1 unspecified atom stereocenters. The Kier molecular flexibility index (Phi) is 3.61. The van der Waals surface area contributed by atoms with Gasteiger partial charge in [0.25, 0.3) is 5.91 Å². The molecule has 106 valence electrons. The van der Waals surface area contributed by atoms with E-state index in [1.807, 2.05) is 34.9 Å². The summed E-state index contributed by atoms with van der Waals surface area (Å²) < 4.78 is 0. The van der Waals surface area contributed by atoms with Gasteiger partial charge in [0.2, 0.25) is 0 Å². The average molecular weight is 289 g/mol. The lowest BCUT2D eigenvalue weighted by Crippen LogP contribution is -2.41. The lowest BCUT2D eigenvalue weighted by molar-refractivity contribution is 0.0763. The van der Waals surface area contributed by atoms with Crippen LogP contribution in [-0.2, 0) is 0 Å². The number of hydrogen-bond acceptors (Lipinski definition) is 3. The van der Waals surface area contributed by atoms with Crippen LogP contribution in [0.1, 0.15) is 23.7 Å². The van der Waals surface area contributed by atoms with E-state index < -0.39 is 0 Å². The highest BCUT2D eigenvalue weighted by Crippen LogP contribution is 2.26. The Morgan fingerprint density at radius 3 is 3.20 bits per heavy atom. The Hall–Kier alpha value is -1.62. The minimum atomic E-state index is 0.125. The standard InChI is InChI=1S/C15H19N3OS/c1-2-11-9-18(5-6-20-11)15(19)13-8-17-14-7-10(16)3-4-12(13)14/h3-4,7-8,11,17H,2,5-6,9,16H2,1H3. The summed E-state index contributed by atoms with van der Waals surface area (Å²) in [5.41, 5.74) is 8.15. The third kappa shape index (κ3) is 2.38. The number of amides is 1. The number of carbonyl (C=O) groups excluding carboxylic acids is 1. The number of carbonyl (C=O) groups is 1. The minimum absolute atomic E-state index is 0.125. The van der Waals surface area contributed by atoms with Crippen LogP contribution in [0.4, 0.5) is 5.69 Å². The quantitative estimate of drug-likeness (QED) is 0.836. The number of anilines is 1. The van der Waals surface area contributed by atoms with Gasteiger partial charge in [-0.2, -0.15) is 11.8 Å². The first-order valence-corrected chi connectivity index (χ1v) is 8.01. The zero-order valence-corrected chi connectivity index (χ0v) is 12.4. The number of nitrogens with one attached hydrogen (secondary N) is 1. The van der Waals surface area contributed by atoms with E-state index in [0.717, 1.165) is 41.7 Å². The molecule has 1 aliphatic rings. The van der Waals surface area contributed by atoms with Crippen LogP contribution >= 0.6 is 11.8 Å². The minimum Gasteiger partial charge on any atom is -0.399 e. The van der Waals surface area contributed by atoms with Crippen molar-refractivity contribution in [3.63, 3.8) is 0 Å². The van der Waals surface area contributed by atoms with Crippen molar-refractivity contribution in [3.8, 4) is 0 Å². The van der Waals surface area contributed by atoms with Crippen molar-refractivity contribution in [2.24, 2.45) is 0 Å². The molecule has 1 aliphatic heterocycles. The maximum Gasteiger partial charge on any atom is 0.256 e. The number of H-pyrrole nitrogens is 1. The third-order valence-corrected chi connectivity index (χ3v) is 5.19. The SMILES string of the molecule is CCC1CN(C(=O)c2c[nH]c3cc(N)ccc23)CCS1. The number of nitrogen functional groups attached to an aromatic ring is 1. The molecule has 2 aromatic rings. The van der Waals surface area contributed by atoms with E-state index >= 15 is 0 Å². The molecular formula is C15H19N3OS. The monoisotopic (exact) mass is 289 g/mol. The maximum absolute atomic E-state index is 12.7. The van der Waals surface area contributed by atoms with Crippen molar-refractivity contribution in [2.75, 3.05) is 24.6 Å². The van der Waals surface area contributed by atoms with Crippen LogP contribution in [0.25, 0.3) is 10.9 Å². The van der Waals surface area contributed by atoms with Crippen molar-refractivity contribution >= 4 is 34.3 Å². The molecule has 1 fully saturated rings. The number of thioether (sulfide) groups is 1. The molecule has 0 bridgehead atoms. The summed E-state index contributed by atoms with van der Waals surface area (Å²) in [6.07, 6.45) is 2.91. The molecule has 0 aliphatic carbocycles. The van der Waals surface area contributed by atoms with E-state index in [1.54, 1.807) is 6.20 Å². The molecule has 4 nitrogen and oxygen atoms in total. The van der Waals surface area contributed by atoms with Gasteiger partial charge >= 0.3 is 0 Å². The van der Waals surface area contributed by atoms with Crippen molar-refractivity contribution in [2.45, 2.75) is 18.6 Å². The number of fused-ring (bicyclic) bond motifs is 1. The second-order valence-electron chi connectivity index (χ2n) is 5.16. The van der Waals surface area contributed by atoms with Crippen LogP contribution in [0, 0.1) is 0 Å². The number of rotatable bonds is 2. The molecule has 0 saturated carbocycles. The number of nitrogens with two attached hydrogens (primary N) is 1. The molecule has 0 spiro atoms. The van der Waals surface area contributed by atoms with Gasteiger partial charge in [-0.25, -0.2) is 0 Å². The average Bonchev–Trinajstić information content (AvgIpc) is 2.89.